The molecule has 0 fully saturated rings. The Morgan fingerprint density at radius 2 is 1.44 bits per heavy atom. The molecule has 15 heteroatoms. The van der Waals surface area contributed by atoms with Crippen LogP contribution in [0.4, 0.5) is 17.1 Å². The van der Waals surface area contributed by atoms with Gasteiger partial charge in [0, 0.05) is 23.4 Å². The largest absolute Gasteiger partial charge is 0.280 e. The molecule has 0 bridgehead atoms. The van der Waals surface area contributed by atoms with Gasteiger partial charge in [0.15, 0.2) is 14.9 Å². The van der Waals surface area contributed by atoms with E-state index in [1.54, 1.807) is 0 Å². The molecule has 0 unspecified atom stereocenters. The monoisotopic (exact) mass is 507 g/mol. The van der Waals surface area contributed by atoms with E-state index < -0.39 is 46.0 Å². The van der Waals surface area contributed by atoms with Crippen LogP contribution >= 0.6 is 0 Å². The summed E-state index contributed by atoms with van der Waals surface area (Å²) in [5, 5.41) is 29.9. The fourth-order valence-corrected chi connectivity index (χ4v) is 4.74. The highest BCUT2D eigenvalue weighted by Gasteiger charge is 2.28. The number of benzene rings is 2. The van der Waals surface area contributed by atoms with Gasteiger partial charge in [-0.3, -0.25) is 25.0 Å². The van der Waals surface area contributed by atoms with Crippen LogP contribution in [0.25, 0.3) is 11.3 Å². The van der Waals surface area contributed by atoms with Crippen molar-refractivity contribution in [3.05, 3.63) is 74.3 Å². The van der Waals surface area contributed by atoms with Crippen molar-refractivity contribution in [2.75, 3.05) is 10.5 Å². The van der Waals surface area contributed by atoms with Crippen molar-refractivity contribution in [3.8, 4) is 11.3 Å². The van der Waals surface area contributed by atoms with Crippen molar-refractivity contribution in [1.82, 2.24) is 10.2 Å². The number of nitrogens with zero attached hydrogens (tertiary/aromatic N) is 4. The van der Waals surface area contributed by atoms with Crippen LogP contribution in [0.15, 0.2) is 58.5 Å². The summed E-state index contributed by atoms with van der Waals surface area (Å²) in [7, 11) is -7.90. The zero-order valence-corrected chi connectivity index (χ0v) is 19.3. The summed E-state index contributed by atoms with van der Waals surface area (Å²) >= 11 is 0. The van der Waals surface area contributed by atoms with E-state index >= 15 is 0 Å². The van der Waals surface area contributed by atoms with Crippen LogP contribution in [-0.4, -0.2) is 42.6 Å². The molecule has 2 aromatic carbocycles. The zero-order chi connectivity index (χ0) is 25.3. The van der Waals surface area contributed by atoms with E-state index in [0.29, 0.717) is 11.3 Å². The summed E-state index contributed by atoms with van der Waals surface area (Å²) in [6, 6.07) is 10.0. The van der Waals surface area contributed by atoms with E-state index in [4.69, 9.17) is 0 Å². The van der Waals surface area contributed by atoms with Gasteiger partial charge in [-0.1, -0.05) is 19.1 Å². The van der Waals surface area contributed by atoms with Crippen LogP contribution in [0, 0.1) is 27.2 Å². The molecule has 34 heavy (non-hydrogen) atoms. The summed E-state index contributed by atoms with van der Waals surface area (Å²) in [6.07, 6.45) is 0. The second-order valence-electron chi connectivity index (χ2n) is 6.94. The molecule has 0 spiro atoms. The minimum Gasteiger partial charge on any atom is -0.280 e. The summed E-state index contributed by atoms with van der Waals surface area (Å²) in [4.78, 5) is 20.0. The first-order valence-corrected chi connectivity index (χ1v) is 12.6. The fraction of sp³-hybridized carbons (Fsp3) is 0.158. The highest BCUT2D eigenvalue weighted by Crippen LogP contribution is 2.32. The van der Waals surface area contributed by atoms with Gasteiger partial charge in [-0.2, -0.15) is 0 Å². The summed E-state index contributed by atoms with van der Waals surface area (Å²) in [6.45, 7) is 2.64. The first-order valence-electron chi connectivity index (χ1n) is 9.49. The maximum absolute atomic E-state index is 12.7. The number of aromatic nitrogens is 2. The molecule has 178 valence electrons. The number of hydrogen-bond acceptors (Lipinski definition) is 10. The molecule has 0 atom stereocenters. The number of sulfonamides is 1. The number of sulfone groups is 1. The Balaban J connectivity index is 1.89. The van der Waals surface area contributed by atoms with Gasteiger partial charge in [-0.05, 0) is 31.2 Å². The summed E-state index contributed by atoms with van der Waals surface area (Å²) in [5.74, 6) is -0.122. The average molecular weight is 508 g/mol. The highest BCUT2D eigenvalue weighted by molar-refractivity contribution is 7.92. The molecule has 3 aromatic rings. The lowest BCUT2D eigenvalue weighted by Gasteiger charge is -2.10. The normalized spacial score (nSPS) is 11.7. The van der Waals surface area contributed by atoms with Crippen LogP contribution in [0.1, 0.15) is 12.5 Å². The minimum absolute atomic E-state index is 0.0766. The lowest BCUT2D eigenvalue weighted by atomic mass is 10.1. The van der Waals surface area contributed by atoms with E-state index in [1.165, 1.54) is 43.3 Å². The third kappa shape index (κ3) is 4.99. The fourth-order valence-electron chi connectivity index (χ4n) is 2.90. The topological polar surface area (TPSA) is 192 Å². The Kier molecular flexibility index (Phi) is 6.60. The van der Waals surface area contributed by atoms with Gasteiger partial charge in [0.2, 0.25) is 0 Å². The van der Waals surface area contributed by atoms with Crippen molar-refractivity contribution in [2.45, 2.75) is 23.8 Å². The van der Waals surface area contributed by atoms with E-state index in [-0.39, 0.29) is 22.0 Å². The van der Waals surface area contributed by atoms with Gasteiger partial charge in [-0.15, -0.1) is 10.2 Å². The first kappa shape index (κ1) is 24.7. The van der Waals surface area contributed by atoms with Crippen molar-refractivity contribution in [1.29, 1.82) is 0 Å². The molecule has 1 N–H and O–H groups in total. The molecule has 0 aliphatic rings. The Morgan fingerprint density at radius 1 is 0.882 bits per heavy atom. The van der Waals surface area contributed by atoms with Gasteiger partial charge < -0.3 is 0 Å². The molecular formula is C19H17N5O8S2. The molecule has 0 saturated carbocycles. The van der Waals surface area contributed by atoms with Crippen LogP contribution in [0.3, 0.4) is 0 Å². The Hall–Kier alpha value is -3.98. The number of hydrogen-bond donors (Lipinski definition) is 1. The number of nitrogens with one attached hydrogen (secondary N) is 1. The second-order valence-corrected chi connectivity index (χ2v) is 10.9. The van der Waals surface area contributed by atoms with Gasteiger partial charge in [0.05, 0.1) is 21.3 Å². The second kappa shape index (κ2) is 9.11. The number of nitro benzene ring substituents is 2. The maximum Gasteiger partial charge on any atom is 0.280 e. The van der Waals surface area contributed by atoms with E-state index in [0.717, 1.165) is 19.1 Å². The standard InChI is InChI=1S/C19H17N5O8S2/c1-3-33(29,30)19-9-8-16(20-21-19)13-4-6-14(7-5-13)22-34(31,32)15-10-17(23(25)26)12(2)18(11-15)24(27)28/h4-11,22H,3H2,1-2H3. The van der Waals surface area contributed by atoms with Gasteiger partial charge in [-0.25, -0.2) is 16.8 Å². The quantitative estimate of drug-likeness (QED) is 0.350. The highest BCUT2D eigenvalue weighted by atomic mass is 32.2. The molecule has 0 aliphatic heterocycles. The molecule has 1 aromatic heterocycles. The van der Waals surface area contributed by atoms with Gasteiger partial charge in [0.1, 0.15) is 10.5 Å². The third-order valence-electron chi connectivity index (χ3n) is 4.80. The number of nitro groups is 2. The molecule has 0 radical (unpaired) electrons. The van der Waals surface area contributed by atoms with Gasteiger partial charge >= 0.3 is 0 Å². The Bertz CT molecular complexity index is 1450. The van der Waals surface area contributed by atoms with E-state index in [1.807, 2.05) is 0 Å². The minimum atomic E-state index is -4.40. The van der Waals surface area contributed by atoms with Crippen LogP contribution in [0.2, 0.25) is 0 Å². The predicted octanol–water partition coefficient (Wildman–Crippen LogP) is 2.86. The van der Waals surface area contributed by atoms with Gasteiger partial charge in [0.25, 0.3) is 21.4 Å². The maximum atomic E-state index is 12.7. The summed E-state index contributed by atoms with van der Waals surface area (Å²) in [5.41, 5.74) is -0.731. The van der Waals surface area contributed by atoms with Crippen molar-refractivity contribution in [3.63, 3.8) is 0 Å². The average Bonchev–Trinajstić information content (AvgIpc) is 2.79. The SMILES string of the molecule is CCS(=O)(=O)c1ccc(-c2ccc(NS(=O)(=O)c3cc([N+](=O)[O-])c(C)c([N+](=O)[O-])c3)cc2)nn1. The van der Waals surface area contributed by atoms with E-state index in [2.05, 4.69) is 14.9 Å². The van der Waals surface area contributed by atoms with Crippen LogP contribution < -0.4 is 4.72 Å². The molecular weight excluding hydrogens is 490 g/mol. The lowest BCUT2D eigenvalue weighted by Crippen LogP contribution is -2.14. The Morgan fingerprint density at radius 3 is 1.88 bits per heavy atom. The molecule has 1 heterocycles. The first-order chi connectivity index (χ1) is 15.9. The predicted molar refractivity (Wildman–Crippen MR) is 120 cm³/mol. The molecule has 0 saturated heterocycles. The van der Waals surface area contributed by atoms with Crippen molar-refractivity contribution < 1.29 is 26.7 Å². The third-order valence-corrected chi connectivity index (χ3v) is 7.78. The smallest absolute Gasteiger partial charge is 0.280 e. The lowest BCUT2D eigenvalue weighted by molar-refractivity contribution is -0.395. The van der Waals surface area contributed by atoms with Crippen molar-refractivity contribution in [2.24, 2.45) is 0 Å². The van der Waals surface area contributed by atoms with Crippen molar-refractivity contribution >= 4 is 36.9 Å². The van der Waals surface area contributed by atoms with Crippen LogP contribution in [-0.2, 0) is 19.9 Å². The molecule has 13 nitrogen and oxygen atoms in total. The van der Waals surface area contributed by atoms with Crippen LogP contribution in [0.5, 0.6) is 0 Å². The molecule has 0 aliphatic carbocycles. The number of rotatable bonds is 8. The summed E-state index contributed by atoms with van der Waals surface area (Å²) < 4.78 is 51.4. The van der Waals surface area contributed by atoms with E-state index in [9.17, 15) is 37.1 Å². The molecule has 3 rings (SSSR count). The number of anilines is 1. The molecule has 0 amide bonds. The Labute approximate surface area is 193 Å². The zero-order valence-electron chi connectivity index (χ0n) is 17.7.